The zero-order valence-corrected chi connectivity index (χ0v) is 16.3. The summed E-state index contributed by atoms with van der Waals surface area (Å²) in [7, 11) is 1.85. The van der Waals surface area contributed by atoms with Crippen LogP contribution in [0.25, 0.3) is 21.9 Å². The van der Waals surface area contributed by atoms with Gasteiger partial charge in [0.25, 0.3) is 5.91 Å². The van der Waals surface area contributed by atoms with E-state index >= 15 is 0 Å². The van der Waals surface area contributed by atoms with Gasteiger partial charge in [-0.1, -0.05) is 0 Å². The average molecular weight is 410 g/mol. The molecular formula is C21H20F2N6O. The van der Waals surface area contributed by atoms with Crippen molar-refractivity contribution < 1.29 is 13.6 Å². The normalized spacial score (nSPS) is 19.7. The number of hydrogen-bond donors (Lipinski definition) is 2. The van der Waals surface area contributed by atoms with Gasteiger partial charge in [-0.3, -0.25) is 14.4 Å². The van der Waals surface area contributed by atoms with Crippen LogP contribution in [-0.4, -0.2) is 56.0 Å². The maximum atomic E-state index is 13.4. The van der Waals surface area contributed by atoms with E-state index in [9.17, 15) is 13.6 Å². The van der Waals surface area contributed by atoms with Crippen molar-refractivity contribution in [3.8, 4) is 0 Å². The Bertz CT molecular complexity index is 1240. The Hall–Kier alpha value is -3.33. The summed E-state index contributed by atoms with van der Waals surface area (Å²) in [4.78, 5) is 22.0. The zero-order chi connectivity index (χ0) is 20.8. The molecule has 4 aromatic rings. The molecule has 0 bridgehead atoms. The fourth-order valence-electron chi connectivity index (χ4n) is 3.86. The van der Waals surface area contributed by atoms with E-state index in [1.165, 1.54) is 0 Å². The van der Waals surface area contributed by atoms with E-state index in [-0.39, 0.29) is 19.0 Å². The number of hydrogen-bond acceptors (Lipinski definition) is 4. The highest BCUT2D eigenvalue weighted by atomic mass is 19.2. The van der Waals surface area contributed by atoms with E-state index in [2.05, 4.69) is 20.4 Å². The summed E-state index contributed by atoms with van der Waals surface area (Å²) < 4.78 is 28.5. The van der Waals surface area contributed by atoms with Crippen LogP contribution in [0, 0.1) is 0 Å². The third-order valence-corrected chi connectivity index (χ3v) is 5.43. The molecule has 154 valence electrons. The summed E-state index contributed by atoms with van der Waals surface area (Å²) in [5.74, 6) is 0.414. The molecule has 1 saturated heterocycles. The van der Waals surface area contributed by atoms with Crippen LogP contribution in [0.3, 0.4) is 0 Å². The molecule has 1 fully saturated rings. The molecular weight excluding hydrogens is 390 g/mol. The van der Waals surface area contributed by atoms with Gasteiger partial charge in [0.15, 0.2) is 0 Å². The van der Waals surface area contributed by atoms with Crippen LogP contribution in [-0.2, 0) is 13.6 Å². The number of fused-ring (bicyclic) bond motifs is 2. The molecule has 2 N–H and O–H groups in total. The second-order valence-electron chi connectivity index (χ2n) is 7.64. The van der Waals surface area contributed by atoms with Gasteiger partial charge in [0, 0.05) is 36.8 Å². The largest absolute Gasteiger partial charge is 0.341 e. The first-order valence-corrected chi connectivity index (χ1v) is 9.68. The highest BCUT2D eigenvalue weighted by Gasteiger charge is 2.33. The van der Waals surface area contributed by atoms with Gasteiger partial charge in [0.1, 0.15) is 18.2 Å². The molecule has 9 heteroatoms. The summed E-state index contributed by atoms with van der Waals surface area (Å²) in [6, 6.07) is 10.8. The summed E-state index contributed by atoms with van der Waals surface area (Å²) in [6.45, 7) is 0.490. The summed E-state index contributed by atoms with van der Waals surface area (Å²) >= 11 is 0. The van der Waals surface area contributed by atoms with Crippen LogP contribution < -0.4 is 5.32 Å². The van der Waals surface area contributed by atoms with Crippen LogP contribution in [0.1, 0.15) is 16.2 Å². The Kier molecular flexibility index (Phi) is 4.47. The fraction of sp³-hybridized carbons (Fsp3) is 0.286. The lowest BCUT2D eigenvalue weighted by Gasteiger charge is -2.11. The van der Waals surface area contributed by atoms with E-state index in [0.717, 1.165) is 21.9 Å². The maximum Gasteiger partial charge on any atom is 0.255 e. The summed E-state index contributed by atoms with van der Waals surface area (Å²) in [6.07, 6.45) is -1.16. The lowest BCUT2D eigenvalue weighted by molar-refractivity contribution is 0.102. The maximum absolute atomic E-state index is 13.4. The minimum Gasteiger partial charge on any atom is -0.341 e. The van der Waals surface area contributed by atoms with Crippen LogP contribution in [0.4, 0.5) is 14.5 Å². The Labute approximate surface area is 170 Å². The van der Waals surface area contributed by atoms with Crippen molar-refractivity contribution in [2.24, 2.45) is 7.05 Å². The second-order valence-corrected chi connectivity index (χ2v) is 7.64. The Balaban J connectivity index is 1.32. The standard InChI is InChI=1S/C21H20F2N6O/c1-28-19-5-2-12(6-13(19)8-24-28)21(30)25-14-3-4-17-18(7-14)27-20(26-17)11-29-9-15(22)16(23)10-29/h2-8,15-16H,9-11H2,1H3,(H,25,30)(H,26,27)/t15-,16-/m1/s1. The molecule has 2 aromatic heterocycles. The molecule has 1 aliphatic rings. The average Bonchev–Trinajstić information content (AvgIpc) is 3.38. The van der Waals surface area contributed by atoms with E-state index in [1.54, 1.807) is 46.1 Å². The highest BCUT2D eigenvalue weighted by Crippen LogP contribution is 2.22. The number of amides is 1. The molecule has 0 radical (unpaired) electrons. The minimum atomic E-state index is -1.44. The van der Waals surface area contributed by atoms with Gasteiger partial charge in [-0.2, -0.15) is 5.10 Å². The number of imidazole rings is 1. The molecule has 2 atom stereocenters. The van der Waals surface area contributed by atoms with E-state index in [0.29, 0.717) is 23.6 Å². The van der Waals surface area contributed by atoms with Gasteiger partial charge >= 0.3 is 0 Å². The number of aryl methyl sites for hydroxylation is 1. The number of benzene rings is 2. The number of nitrogens with one attached hydrogen (secondary N) is 2. The SMILES string of the molecule is Cn1ncc2cc(C(=O)Nc3ccc4nc(CN5C[C@@H](F)[C@H](F)C5)[nH]c4c3)ccc21. The predicted octanol–water partition coefficient (Wildman–Crippen LogP) is 3.19. The molecule has 3 heterocycles. The number of H-pyrrole nitrogens is 1. The number of halogens is 2. The van der Waals surface area contributed by atoms with Gasteiger partial charge in [-0.25, -0.2) is 13.8 Å². The minimum absolute atomic E-state index is 0.0702. The van der Waals surface area contributed by atoms with Gasteiger partial charge in [-0.15, -0.1) is 0 Å². The lowest BCUT2D eigenvalue weighted by atomic mass is 10.1. The molecule has 5 rings (SSSR count). The number of anilines is 1. The van der Waals surface area contributed by atoms with Crippen LogP contribution in [0.5, 0.6) is 0 Å². The van der Waals surface area contributed by atoms with Gasteiger partial charge in [0.05, 0.1) is 29.3 Å². The first-order chi connectivity index (χ1) is 14.5. The third-order valence-electron chi connectivity index (χ3n) is 5.43. The molecule has 2 aromatic carbocycles. The van der Waals surface area contributed by atoms with Crippen molar-refractivity contribution in [2.45, 2.75) is 18.9 Å². The van der Waals surface area contributed by atoms with Crippen molar-refractivity contribution in [1.29, 1.82) is 0 Å². The molecule has 0 saturated carbocycles. The second kappa shape index (κ2) is 7.17. The number of rotatable bonds is 4. The lowest BCUT2D eigenvalue weighted by Crippen LogP contribution is -2.21. The molecule has 0 aliphatic carbocycles. The van der Waals surface area contributed by atoms with Crippen molar-refractivity contribution in [3.63, 3.8) is 0 Å². The molecule has 30 heavy (non-hydrogen) atoms. The number of likely N-dealkylation sites (tertiary alicyclic amines) is 1. The summed E-state index contributed by atoms with van der Waals surface area (Å²) in [5, 5.41) is 7.98. The van der Waals surface area contributed by atoms with E-state index in [4.69, 9.17) is 0 Å². The van der Waals surface area contributed by atoms with Crippen molar-refractivity contribution in [3.05, 3.63) is 54.0 Å². The van der Waals surface area contributed by atoms with Crippen molar-refractivity contribution in [2.75, 3.05) is 18.4 Å². The molecule has 1 amide bonds. The van der Waals surface area contributed by atoms with Gasteiger partial charge in [-0.05, 0) is 36.4 Å². The quantitative estimate of drug-likeness (QED) is 0.542. The van der Waals surface area contributed by atoms with E-state index < -0.39 is 12.3 Å². The topological polar surface area (TPSA) is 78.8 Å². The van der Waals surface area contributed by atoms with Gasteiger partial charge < -0.3 is 10.3 Å². The van der Waals surface area contributed by atoms with Gasteiger partial charge in [0.2, 0.25) is 0 Å². The molecule has 1 aliphatic heterocycles. The number of carbonyl (C=O) groups excluding carboxylic acids is 1. The summed E-state index contributed by atoms with van der Waals surface area (Å²) in [5.41, 5.74) is 3.60. The number of aromatic amines is 1. The fourth-order valence-corrected chi connectivity index (χ4v) is 3.86. The first-order valence-electron chi connectivity index (χ1n) is 9.68. The first kappa shape index (κ1) is 18.7. The van der Waals surface area contributed by atoms with Crippen LogP contribution >= 0.6 is 0 Å². The predicted molar refractivity (Wildman–Crippen MR) is 110 cm³/mol. The number of nitrogens with zero attached hydrogens (tertiary/aromatic N) is 4. The van der Waals surface area contributed by atoms with Crippen LogP contribution in [0.2, 0.25) is 0 Å². The Morgan fingerprint density at radius 3 is 2.80 bits per heavy atom. The molecule has 7 nitrogen and oxygen atoms in total. The van der Waals surface area contributed by atoms with Crippen molar-refractivity contribution in [1.82, 2.24) is 24.6 Å². The van der Waals surface area contributed by atoms with Crippen molar-refractivity contribution >= 4 is 33.5 Å². The Morgan fingerprint density at radius 1 is 1.20 bits per heavy atom. The smallest absolute Gasteiger partial charge is 0.255 e. The van der Waals surface area contributed by atoms with Crippen LogP contribution in [0.15, 0.2) is 42.6 Å². The number of carbonyl (C=O) groups is 1. The monoisotopic (exact) mass is 410 g/mol. The highest BCUT2D eigenvalue weighted by molar-refractivity contribution is 6.06. The Morgan fingerprint density at radius 2 is 2.00 bits per heavy atom. The van der Waals surface area contributed by atoms with E-state index in [1.807, 2.05) is 13.1 Å². The zero-order valence-electron chi connectivity index (χ0n) is 16.3. The number of aromatic nitrogens is 4. The molecule has 0 spiro atoms. The molecule has 0 unspecified atom stereocenters. The third kappa shape index (κ3) is 3.41. The number of alkyl halides is 2.